The van der Waals surface area contributed by atoms with E-state index in [1.807, 2.05) is 78.9 Å². The van der Waals surface area contributed by atoms with Gasteiger partial charge in [-0.05, 0) is 24.3 Å². The van der Waals surface area contributed by atoms with Crippen molar-refractivity contribution in [2.75, 3.05) is 5.32 Å². The maximum Gasteiger partial charge on any atom is 0.273 e. The number of H-pyrrole nitrogens is 1. The van der Waals surface area contributed by atoms with Crippen LogP contribution in [0.1, 0.15) is 0 Å². The van der Waals surface area contributed by atoms with Crippen molar-refractivity contribution in [1.82, 2.24) is 14.8 Å². The third-order valence-electron chi connectivity index (χ3n) is 4.58. The molecule has 5 heteroatoms. The van der Waals surface area contributed by atoms with Gasteiger partial charge in [0.25, 0.3) is 5.56 Å². The summed E-state index contributed by atoms with van der Waals surface area (Å²) < 4.78 is 1.52. The van der Waals surface area contributed by atoms with E-state index in [-0.39, 0.29) is 5.56 Å². The first-order valence-electron chi connectivity index (χ1n) is 8.71. The predicted octanol–water partition coefficient (Wildman–Crippen LogP) is 4.61. The lowest BCUT2D eigenvalue weighted by atomic mass is 10.1. The normalized spacial score (nSPS) is 11.1. The summed E-state index contributed by atoms with van der Waals surface area (Å²) in [6.07, 6.45) is 0. The molecule has 5 rings (SSSR count). The molecule has 27 heavy (non-hydrogen) atoms. The average Bonchev–Trinajstić information content (AvgIpc) is 3.08. The van der Waals surface area contributed by atoms with Gasteiger partial charge in [0.15, 0.2) is 0 Å². The number of benzene rings is 3. The number of hydrogen-bond donors (Lipinski definition) is 2. The monoisotopic (exact) mass is 352 g/mol. The lowest BCUT2D eigenvalue weighted by molar-refractivity contribution is 0.853. The Morgan fingerprint density at radius 2 is 1.37 bits per heavy atom. The van der Waals surface area contributed by atoms with E-state index in [9.17, 15) is 4.79 Å². The molecule has 0 amide bonds. The van der Waals surface area contributed by atoms with Crippen LogP contribution in [0.15, 0.2) is 89.7 Å². The van der Waals surface area contributed by atoms with E-state index < -0.39 is 0 Å². The summed E-state index contributed by atoms with van der Waals surface area (Å²) in [4.78, 5) is 17.2. The second kappa shape index (κ2) is 6.14. The van der Waals surface area contributed by atoms with Crippen molar-refractivity contribution >= 4 is 33.3 Å². The van der Waals surface area contributed by atoms with E-state index in [4.69, 9.17) is 4.98 Å². The number of anilines is 2. The highest BCUT2D eigenvalue weighted by atomic mass is 16.1. The molecular formula is C22H16N4O. The van der Waals surface area contributed by atoms with Crippen LogP contribution in [0.5, 0.6) is 0 Å². The molecule has 2 heterocycles. The van der Waals surface area contributed by atoms with E-state index in [0.717, 1.165) is 33.2 Å². The minimum atomic E-state index is -0.119. The molecular weight excluding hydrogens is 336 g/mol. The third-order valence-corrected chi connectivity index (χ3v) is 4.58. The van der Waals surface area contributed by atoms with Crippen molar-refractivity contribution in [3.05, 3.63) is 95.3 Å². The van der Waals surface area contributed by atoms with Crippen LogP contribution in [0.25, 0.3) is 27.5 Å². The molecule has 130 valence electrons. The van der Waals surface area contributed by atoms with E-state index in [2.05, 4.69) is 10.4 Å². The van der Waals surface area contributed by atoms with Crippen LogP contribution in [-0.4, -0.2) is 14.8 Å². The summed E-state index contributed by atoms with van der Waals surface area (Å²) in [7, 11) is 0. The number of para-hydroxylation sites is 3. The van der Waals surface area contributed by atoms with Gasteiger partial charge >= 0.3 is 0 Å². The first kappa shape index (κ1) is 15.4. The van der Waals surface area contributed by atoms with Crippen molar-refractivity contribution in [2.45, 2.75) is 0 Å². The minimum Gasteiger partial charge on any atom is -0.339 e. The topological polar surface area (TPSA) is 62.7 Å². The zero-order valence-electron chi connectivity index (χ0n) is 14.4. The standard InChI is InChI=1S/C22H16N4O/c27-21-14-20(25-26(21)15-8-2-1-3-9-15)24-22-16-10-4-6-12-18(16)23-19-13-7-5-11-17(19)22/h1-14,25H,(H,23,24). The molecule has 0 spiro atoms. The van der Waals surface area contributed by atoms with Crippen molar-refractivity contribution in [1.29, 1.82) is 0 Å². The maximum absolute atomic E-state index is 12.4. The molecule has 0 bridgehead atoms. The molecule has 2 aromatic heterocycles. The Bertz CT molecular complexity index is 1260. The van der Waals surface area contributed by atoms with Crippen LogP contribution in [0.4, 0.5) is 11.5 Å². The molecule has 0 aliphatic rings. The Kier molecular flexibility index (Phi) is 3.50. The quantitative estimate of drug-likeness (QED) is 0.466. The number of nitrogens with zero attached hydrogens (tertiary/aromatic N) is 2. The summed E-state index contributed by atoms with van der Waals surface area (Å²) in [5.74, 6) is 0.630. The summed E-state index contributed by atoms with van der Waals surface area (Å²) >= 11 is 0. The second-order valence-corrected chi connectivity index (χ2v) is 6.33. The summed E-state index contributed by atoms with van der Waals surface area (Å²) in [6, 6.07) is 27.0. The SMILES string of the molecule is O=c1cc(Nc2c3ccccc3nc3ccccc23)[nH]n1-c1ccccc1. The van der Waals surface area contributed by atoms with Crippen LogP contribution < -0.4 is 10.9 Å². The Morgan fingerprint density at radius 3 is 2.04 bits per heavy atom. The molecule has 0 atom stereocenters. The lowest BCUT2D eigenvalue weighted by Crippen LogP contribution is -2.12. The van der Waals surface area contributed by atoms with Gasteiger partial charge in [0.05, 0.1) is 22.4 Å². The van der Waals surface area contributed by atoms with Crippen molar-refractivity contribution in [3.8, 4) is 5.69 Å². The molecule has 3 aromatic carbocycles. The van der Waals surface area contributed by atoms with E-state index in [1.54, 1.807) is 6.07 Å². The van der Waals surface area contributed by atoms with E-state index >= 15 is 0 Å². The predicted molar refractivity (Wildman–Crippen MR) is 109 cm³/mol. The minimum absolute atomic E-state index is 0.119. The molecule has 0 saturated heterocycles. The number of rotatable bonds is 3. The van der Waals surface area contributed by atoms with E-state index in [0.29, 0.717) is 5.82 Å². The molecule has 5 aromatic rings. The van der Waals surface area contributed by atoms with Crippen molar-refractivity contribution in [3.63, 3.8) is 0 Å². The van der Waals surface area contributed by atoms with Crippen molar-refractivity contribution in [2.24, 2.45) is 0 Å². The maximum atomic E-state index is 12.4. The second-order valence-electron chi connectivity index (χ2n) is 6.33. The van der Waals surface area contributed by atoms with Crippen LogP contribution in [-0.2, 0) is 0 Å². The van der Waals surface area contributed by atoms with Gasteiger partial charge in [-0.2, -0.15) is 0 Å². The Labute approximate surface area is 154 Å². The van der Waals surface area contributed by atoms with Crippen LogP contribution in [0.2, 0.25) is 0 Å². The summed E-state index contributed by atoms with van der Waals surface area (Å²) in [6.45, 7) is 0. The number of aromatic amines is 1. The van der Waals surface area contributed by atoms with Gasteiger partial charge in [0, 0.05) is 16.8 Å². The zero-order chi connectivity index (χ0) is 18.2. The van der Waals surface area contributed by atoms with Gasteiger partial charge in [-0.25, -0.2) is 9.67 Å². The molecule has 0 radical (unpaired) electrons. The molecule has 0 aliphatic heterocycles. The Balaban J connectivity index is 1.68. The number of fused-ring (bicyclic) bond motifs is 2. The highest BCUT2D eigenvalue weighted by Gasteiger charge is 2.11. The number of pyridine rings is 1. The highest BCUT2D eigenvalue weighted by Crippen LogP contribution is 2.32. The first-order valence-corrected chi connectivity index (χ1v) is 8.71. The largest absolute Gasteiger partial charge is 0.339 e. The Morgan fingerprint density at radius 1 is 0.778 bits per heavy atom. The van der Waals surface area contributed by atoms with Gasteiger partial charge < -0.3 is 5.32 Å². The molecule has 0 unspecified atom stereocenters. The van der Waals surface area contributed by atoms with Crippen molar-refractivity contribution < 1.29 is 0 Å². The summed E-state index contributed by atoms with van der Waals surface area (Å²) in [5.41, 5.74) is 3.41. The van der Waals surface area contributed by atoms with Crippen LogP contribution in [0, 0.1) is 0 Å². The highest BCUT2D eigenvalue weighted by molar-refractivity contribution is 6.08. The van der Waals surface area contributed by atoms with Crippen LogP contribution in [0.3, 0.4) is 0 Å². The smallest absolute Gasteiger partial charge is 0.273 e. The average molecular weight is 352 g/mol. The van der Waals surface area contributed by atoms with Gasteiger partial charge in [-0.1, -0.05) is 54.6 Å². The molecule has 2 N–H and O–H groups in total. The molecule has 0 fully saturated rings. The third kappa shape index (κ3) is 2.66. The van der Waals surface area contributed by atoms with Gasteiger partial charge in [0.2, 0.25) is 0 Å². The molecule has 5 nitrogen and oxygen atoms in total. The fourth-order valence-corrected chi connectivity index (χ4v) is 3.34. The molecule has 0 aliphatic carbocycles. The number of aromatic nitrogens is 3. The van der Waals surface area contributed by atoms with E-state index in [1.165, 1.54) is 4.68 Å². The lowest BCUT2D eigenvalue weighted by Gasteiger charge is -2.12. The van der Waals surface area contributed by atoms with Gasteiger partial charge in [-0.15, -0.1) is 0 Å². The van der Waals surface area contributed by atoms with Gasteiger partial charge in [-0.3, -0.25) is 9.89 Å². The summed E-state index contributed by atoms with van der Waals surface area (Å²) in [5, 5.41) is 8.56. The molecule has 0 saturated carbocycles. The fourth-order valence-electron chi connectivity index (χ4n) is 3.34. The zero-order valence-corrected chi connectivity index (χ0v) is 14.4. The Hall–Kier alpha value is -3.86. The first-order chi connectivity index (χ1) is 13.3. The van der Waals surface area contributed by atoms with Crippen LogP contribution >= 0.6 is 0 Å². The number of nitrogens with one attached hydrogen (secondary N) is 2. The van der Waals surface area contributed by atoms with Gasteiger partial charge in [0.1, 0.15) is 5.82 Å². The number of hydrogen-bond acceptors (Lipinski definition) is 3. The fraction of sp³-hybridized carbons (Fsp3) is 0.